The first-order valence-electron chi connectivity index (χ1n) is 7.37. The van der Waals surface area contributed by atoms with Crippen LogP contribution >= 0.6 is 0 Å². The maximum atomic E-state index is 11.6. The normalized spacial score (nSPS) is 24.7. The Morgan fingerprint density at radius 2 is 2.32 bits per heavy atom. The fraction of sp³-hybridized carbons (Fsp3) is 0.929. The summed E-state index contributed by atoms with van der Waals surface area (Å²) in [7, 11) is 0. The highest BCUT2D eigenvalue weighted by atomic mass is 16.5. The highest BCUT2D eigenvalue weighted by Gasteiger charge is 2.30. The SMILES string of the molecule is CCCNC(C)(CCN1CCCOC(C)C1)C(N)=O. The molecule has 1 rings (SSSR count). The van der Waals surface area contributed by atoms with Crippen LogP contribution in [0.15, 0.2) is 0 Å². The predicted molar refractivity (Wildman–Crippen MR) is 77.0 cm³/mol. The third-order valence-corrected chi connectivity index (χ3v) is 3.77. The fourth-order valence-corrected chi connectivity index (χ4v) is 2.36. The molecule has 0 saturated carbocycles. The highest BCUT2D eigenvalue weighted by Crippen LogP contribution is 2.13. The number of hydrogen-bond donors (Lipinski definition) is 2. The monoisotopic (exact) mass is 271 g/mol. The quantitative estimate of drug-likeness (QED) is 0.716. The minimum atomic E-state index is -0.605. The number of nitrogens with zero attached hydrogens (tertiary/aromatic N) is 1. The number of carbonyl (C=O) groups excluding carboxylic acids is 1. The Hall–Kier alpha value is -0.650. The molecule has 2 atom stereocenters. The lowest BCUT2D eigenvalue weighted by molar-refractivity contribution is -0.124. The summed E-state index contributed by atoms with van der Waals surface area (Å²) in [6.07, 6.45) is 3.07. The minimum absolute atomic E-state index is 0.264. The molecule has 1 fully saturated rings. The average Bonchev–Trinajstić information content (AvgIpc) is 2.58. The van der Waals surface area contributed by atoms with E-state index in [4.69, 9.17) is 10.5 Å². The van der Waals surface area contributed by atoms with E-state index in [2.05, 4.69) is 24.1 Å². The predicted octanol–water partition coefficient (Wildman–Crippen LogP) is 0.731. The van der Waals surface area contributed by atoms with Crippen LogP contribution in [0, 0.1) is 0 Å². The van der Waals surface area contributed by atoms with Crippen molar-refractivity contribution in [1.82, 2.24) is 10.2 Å². The van der Waals surface area contributed by atoms with E-state index >= 15 is 0 Å². The Kier molecular flexibility index (Phi) is 6.75. The van der Waals surface area contributed by atoms with Crippen LogP contribution in [0.3, 0.4) is 0 Å². The largest absolute Gasteiger partial charge is 0.377 e. The second-order valence-electron chi connectivity index (χ2n) is 5.71. The number of carbonyl (C=O) groups is 1. The van der Waals surface area contributed by atoms with Gasteiger partial charge in [0.2, 0.25) is 5.91 Å². The summed E-state index contributed by atoms with van der Waals surface area (Å²) >= 11 is 0. The number of amides is 1. The molecule has 112 valence electrons. The number of hydrogen-bond acceptors (Lipinski definition) is 4. The van der Waals surface area contributed by atoms with Crippen molar-refractivity contribution in [1.29, 1.82) is 0 Å². The summed E-state index contributed by atoms with van der Waals surface area (Å²) in [5.74, 6) is -0.264. The van der Waals surface area contributed by atoms with Gasteiger partial charge in [0, 0.05) is 26.2 Å². The van der Waals surface area contributed by atoms with Crippen molar-refractivity contribution in [3.05, 3.63) is 0 Å². The van der Waals surface area contributed by atoms with E-state index in [1.54, 1.807) is 0 Å². The van der Waals surface area contributed by atoms with Gasteiger partial charge in [-0.3, -0.25) is 4.79 Å². The van der Waals surface area contributed by atoms with Crippen molar-refractivity contribution in [3.63, 3.8) is 0 Å². The Bertz CT molecular complexity index is 286. The Labute approximate surface area is 116 Å². The number of nitrogens with one attached hydrogen (secondary N) is 1. The zero-order valence-corrected chi connectivity index (χ0v) is 12.6. The zero-order valence-electron chi connectivity index (χ0n) is 12.6. The first-order valence-corrected chi connectivity index (χ1v) is 7.37. The van der Waals surface area contributed by atoms with Crippen LogP contribution in [0.25, 0.3) is 0 Å². The van der Waals surface area contributed by atoms with E-state index in [9.17, 15) is 4.79 Å². The van der Waals surface area contributed by atoms with Gasteiger partial charge in [-0.2, -0.15) is 0 Å². The van der Waals surface area contributed by atoms with E-state index < -0.39 is 5.54 Å². The van der Waals surface area contributed by atoms with Crippen LogP contribution in [0.5, 0.6) is 0 Å². The molecule has 1 saturated heterocycles. The molecule has 0 aromatic carbocycles. The van der Waals surface area contributed by atoms with Gasteiger partial charge >= 0.3 is 0 Å². The fourth-order valence-electron chi connectivity index (χ4n) is 2.36. The number of nitrogens with two attached hydrogens (primary N) is 1. The standard InChI is InChI=1S/C14H29N3O2/c1-4-7-16-14(3,13(15)18)6-9-17-8-5-10-19-12(2)11-17/h12,16H,4-11H2,1-3H3,(H2,15,18). The molecular weight excluding hydrogens is 242 g/mol. The first-order chi connectivity index (χ1) is 8.98. The number of primary amides is 1. The van der Waals surface area contributed by atoms with E-state index in [0.29, 0.717) is 0 Å². The van der Waals surface area contributed by atoms with E-state index in [1.807, 2.05) is 6.92 Å². The van der Waals surface area contributed by atoms with Crippen molar-refractivity contribution in [2.24, 2.45) is 5.73 Å². The third kappa shape index (κ3) is 5.47. The smallest absolute Gasteiger partial charge is 0.237 e. The summed E-state index contributed by atoms with van der Waals surface area (Å²) < 4.78 is 5.63. The molecule has 5 nitrogen and oxygen atoms in total. The van der Waals surface area contributed by atoms with Crippen molar-refractivity contribution in [3.8, 4) is 0 Å². The topological polar surface area (TPSA) is 67.6 Å². The van der Waals surface area contributed by atoms with Crippen LogP contribution < -0.4 is 11.1 Å². The van der Waals surface area contributed by atoms with Gasteiger partial charge in [0.05, 0.1) is 11.6 Å². The van der Waals surface area contributed by atoms with Gasteiger partial charge in [-0.25, -0.2) is 0 Å². The van der Waals surface area contributed by atoms with Crippen LogP contribution in [0.4, 0.5) is 0 Å². The molecule has 3 N–H and O–H groups in total. The summed E-state index contributed by atoms with van der Waals surface area (Å²) in [5.41, 5.74) is 4.94. The van der Waals surface area contributed by atoms with Crippen molar-refractivity contribution >= 4 is 5.91 Å². The summed E-state index contributed by atoms with van der Waals surface area (Å²) in [4.78, 5) is 14.0. The molecule has 0 bridgehead atoms. The second-order valence-corrected chi connectivity index (χ2v) is 5.71. The van der Waals surface area contributed by atoms with Gasteiger partial charge in [0.25, 0.3) is 0 Å². The molecule has 1 amide bonds. The Morgan fingerprint density at radius 1 is 1.58 bits per heavy atom. The molecule has 0 aromatic rings. The lowest BCUT2D eigenvalue weighted by Crippen LogP contribution is -2.55. The molecule has 2 unspecified atom stereocenters. The van der Waals surface area contributed by atoms with Crippen molar-refractivity contribution in [2.75, 3.05) is 32.8 Å². The molecule has 0 radical (unpaired) electrons. The lowest BCUT2D eigenvalue weighted by Gasteiger charge is -2.31. The van der Waals surface area contributed by atoms with Gasteiger partial charge < -0.3 is 20.7 Å². The van der Waals surface area contributed by atoms with Gasteiger partial charge in [-0.05, 0) is 39.7 Å². The van der Waals surface area contributed by atoms with Crippen LogP contribution in [0.1, 0.15) is 40.0 Å². The van der Waals surface area contributed by atoms with E-state index in [0.717, 1.165) is 52.0 Å². The maximum Gasteiger partial charge on any atom is 0.237 e. The van der Waals surface area contributed by atoms with E-state index in [-0.39, 0.29) is 12.0 Å². The molecule has 19 heavy (non-hydrogen) atoms. The van der Waals surface area contributed by atoms with Gasteiger partial charge in [-0.15, -0.1) is 0 Å². The van der Waals surface area contributed by atoms with Crippen LogP contribution in [-0.4, -0.2) is 55.2 Å². The second kappa shape index (κ2) is 7.82. The molecular formula is C14H29N3O2. The van der Waals surface area contributed by atoms with Gasteiger partial charge in [0.15, 0.2) is 0 Å². The number of rotatable bonds is 7. The number of ether oxygens (including phenoxy) is 1. The Morgan fingerprint density at radius 3 is 2.95 bits per heavy atom. The maximum absolute atomic E-state index is 11.6. The molecule has 1 aliphatic heterocycles. The highest BCUT2D eigenvalue weighted by molar-refractivity contribution is 5.84. The molecule has 1 heterocycles. The molecule has 0 aliphatic carbocycles. The average molecular weight is 271 g/mol. The van der Waals surface area contributed by atoms with Crippen molar-refractivity contribution in [2.45, 2.75) is 51.7 Å². The first kappa shape index (κ1) is 16.4. The zero-order chi connectivity index (χ0) is 14.3. The van der Waals surface area contributed by atoms with Gasteiger partial charge in [-0.1, -0.05) is 6.92 Å². The summed E-state index contributed by atoms with van der Waals surface area (Å²) in [6.45, 7) is 10.6. The van der Waals surface area contributed by atoms with Crippen LogP contribution in [-0.2, 0) is 9.53 Å². The minimum Gasteiger partial charge on any atom is -0.377 e. The summed E-state index contributed by atoms with van der Waals surface area (Å²) in [6, 6.07) is 0. The molecule has 1 aliphatic rings. The Balaban J connectivity index is 2.48. The van der Waals surface area contributed by atoms with Gasteiger partial charge in [0.1, 0.15) is 0 Å². The lowest BCUT2D eigenvalue weighted by atomic mass is 9.96. The molecule has 5 heteroatoms. The van der Waals surface area contributed by atoms with E-state index in [1.165, 1.54) is 0 Å². The van der Waals surface area contributed by atoms with Crippen molar-refractivity contribution < 1.29 is 9.53 Å². The molecule has 0 aromatic heterocycles. The van der Waals surface area contributed by atoms with Crippen LogP contribution in [0.2, 0.25) is 0 Å². The third-order valence-electron chi connectivity index (χ3n) is 3.77. The molecule has 0 spiro atoms. The summed E-state index contributed by atoms with van der Waals surface area (Å²) in [5, 5.41) is 3.28.